The molecule has 2 N–H and O–H groups in total. The number of methoxy groups -OCH3 is 1. The van der Waals surface area contributed by atoms with E-state index in [-0.39, 0.29) is 0 Å². The van der Waals surface area contributed by atoms with Gasteiger partial charge in [0.25, 0.3) is 0 Å². The van der Waals surface area contributed by atoms with E-state index in [9.17, 15) is 0 Å². The van der Waals surface area contributed by atoms with Gasteiger partial charge in [-0.3, -0.25) is 4.99 Å². The summed E-state index contributed by atoms with van der Waals surface area (Å²) in [6.07, 6.45) is 14.9. The number of hydrogen-bond acceptors (Lipinski definition) is 6. The molecule has 6 heteroatoms. The van der Waals surface area contributed by atoms with Crippen LogP contribution in [0.4, 0.5) is 5.69 Å². The number of nitrogens with one attached hydrogen (secondary N) is 2. The van der Waals surface area contributed by atoms with Crippen LogP contribution in [0.2, 0.25) is 0 Å². The largest absolute Gasteiger partial charge is 0.494 e. The lowest BCUT2D eigenvalue weighted by molar-refractivity contribution is 0.337. The third kappa shape index (κ3) is 14.9. The second kappa shape index (κ2) is 25.8. The summed E-state index contributed by atoms with van der Waals surface area (Å²) in [5.41, 5.74) is 8.92. The number of aromatic nitrogens is 1. The van der Waals surface area contributed by atoms with Gasteiger partial charge < -0.3 is 20.1 Å². The van der Waals surface area contributed by atoms with Crippen LogP contribution in [0.5, 0.6) is 11.5 Å². The van der Waals surface area contributed by atoms with Gasteiger partial charge in [-0.15, -0.1) is 12.3 Å². The van der Waals surface area contributed by atoms with Crippen molar-refractivity contribution in [2.24, 2.45) is 16.8 Å². The third-order valence-corrected chi connectivity index (χ3v) is 9.24. The molecular weight excluding hydrogens is 641 g/mol. The second-order valence-corrected chi connectivity index (χ2v) is 13.4. The molecule has 286 valence electrons. The Bertz CT molecular complexity index is 1510. The summed E-state index contributed by atoms with van der Waals surface area (Å²) in [6, 6.07) is 15.2. The van der Waals surface area contributed by atoms with E-state index in [1.807, 2.05) is 34.0 Å². The van der Waals surface area contributed by atoms with E-state index in [2.05, 4.69) is 125 Å². The predicted octanol–water partition coefficient (Wildman–Crippen LogP) is 11.7. The number of benzene rings is 2. The molecule has 1 fully saturated rings. The molecule has 2 heterocycles. The molecular formula is C46H70N4O2. The zero-order valence-corrected chi connectivity index (χ0v) is 34.7. The molecule has 1 aliphatic heterocycles. The summed E-state index contributed by atoms with van der Waals surface area (Å²) < 4.78 is 11.7. The fourth-order valence-corrected chi connectivity index (χ4v) is 5.67. The number of terminal acetylenes is 1. The molecule has 2 aromatic carbocycles. The number of aliphatic imine (C=N–C) groups is 1. The number of aryl methyl sites for hydroxylation is 2. The lowest BCUT2D eigenvalue weighted by Gasteiger charge is -2.20. The minimum absolute atomic E-state index is 0.384. The Morgan fingerprint density at radius 1 is 1.10 bits per heavy atom. The lowest BCUT2D eigenvalue weighted by Crippen LogP contribution is -2.23. The van der Waals surface area contributed by atoms with E-state index >= 15 is 0 Å². The standard InChI is InChI=1S/C30H35N3O2.C6H14.C5H11N.C3H4.C2H6/c1-18-6-8-23(9-7-18)29-30-24(20(3)17-35-30)14-26(33-29)25(22-10-11-22)16-32-15-21-12-19(2)28(31-4)27(13-21)34-5;1-4-6(3)5-2;1-3-4-5-6-2;1-3-2;1-2/h6-9,12-14,20,22,25,32H,4,10-11,15-17H2,1-3,5H3;6H,4-5H2,1-3H3;4-6H,3H2,1-2H3;1H,2H3;1-2H3/b;;5-4-;;. The number of hydrogen-bond donors (Lipinski definition) is 2. The van der Waals surface area contributed by atoms with Gasteiger partial charge in [-0.1, -0.05) is 103 Å². The van der Waals surface area contributed by atoms with Crippen molar-refractivity contribution < 1.29 is 9.47 Å². The van der Waals surface area contributed by atoms with E-state index in [1.165, 1.54) is 48.1 Å². The molecule has 2 atom stereocenters. The number of fused-ring (bicyclic) bond motifs is 1. The Labute approximate surface area is 318 Å². The Morgan fingerprint density at radius 2 is 1.73 bits per heavy atom. The van der Waals surface area contributed by atoms with E-state index in [4.69, 9.17) is 14.5 Å². The quantitative estimate of drug-likeness (QED) is 0.137. The Hall–Kier alpha value is -4.08. The SMILES string of the molecule is C#CC.C=Nc1c(C)cc(CNCC(c2cc3c(c(-c4ccc(C)cc4)n2)OCC3C)C2CC2)cc1OC.CC.CC/C=C\NC.CCC(C)CC. The van der Waals surface area contributed by atoms with Crippen LogP contribution in [-0.2, 0) is 6.54 Å². The van der Waals surface area contributed by atoms with Crippen LogP contribution < -0.4 is 20.1 Å². The van der Waals surface area contributed by atoms with Crippen molar-refractivity contribution in [1.29, 1.82) is 0 Å². The third-order valence-electron chi connectivity index (χ3n) is 9.24. The molecule has 3 aromatic rings. The van der Waals surface area contributed by atoms with Crippen molar-refractivity contribution in [3.8, 4) is 35.1 Å². The van der Waals surface area contributed by atoms with Crippen molar-refractivity contribution in [3.63, 3.8) is 0 Å². The summed E-state index contributed by atoms with van der Waals surface area (Å²) in [4.78, 5) is 9.35. The average molecular weight is 711 g/mol. The second-order valence-electron chi connectivity index (χ2n) is 13.4. The minimum Gasteiger partial charge on any atom is -0.494 e. The maximum atomic E-state index is 6.13. The maximum Gasteiger partial charge on any atom is 0.149 e. The monoisotopic (exact) mass is 711 g/mol. The number of pyridine rings is 1. The first-order valence-corrected chi connectivity index (χ1v) is 19.4. The summed E-state index contributed by atoms with van der Waals surface area (Å²) >= 11 is 0. The van der Waals surface area contributed by atoms with Gasteiger partial charge in [-0.05, 0) is 88.0 Å². The van der Waals surface area contributed by atoms with Crippen LogP contribution in [0.25, 0.3) is 11.3 Å². The van der Waals surface area contributed by atoms with Crippen LogP contribution in [0.15, 0.2) is 59.7 Å². The van der Waals surface area contributed by atoms with Crippen LogP contribution in [0.3, 0.4) is 0 Å². The Kier molecular flexibility index (Phi) is 22.8. The molecule has 0 amide bonds. The molecule has 0 saturated heterocycles. The molecule has 1 aliphatic carbocycles. The minimum atomic E-state index is 0.384. The molecule has 0 spiro atoms. The van der Waals surface area contributed by atoms with Crippen molar-refractivity contribution >= 4 is 12.4 Å². The zero-order valence-electron chi connectivity index (χ0n) is 34.7. The van der Waals surface area contributed by atoms with Gasteiger partial charge in [-0.25, -0.2) is 4.98 Å². The Balaban J connectivity index is 0.000000669. The molecule has 2 aliphatic rings. The maximum absolute atomic E-state index is 6.13. The molecule has 2 unspecified atom stereocenters. The van der Waals surface area contributed by atoms with Crippen molar-refractivity contribution in [1.82, 2.24) is 15.6 Å². The molecule has 52 heavy (non-hydrogen) atoms. The van der Waals surface area contributed by atoms with Gasteiger partial charge in [0.15, 0.2) is 0 Å². The zero-order chi connectivity index (χ0) is 39.1. The van der Waals surface area contributed by atoms with Gasteiger partial charge in [0.05, 0.1) is 13.7 Å². The highest BCUT2D eigenvalue weighted by Gasteiger charge is 2.35. The predicted molar refractivity (Wildman–Crippen MR) is 227 cm³/mol. The van der Waals surface area contributed by atoms with Gasteiger partial charge >= 0.3 is 0 Å². The molecule has 0 radical (unpaired) electrons. The fraction of sp³-hybridized carbons (Fsp3) is 0.522. The van der Waals surface area contributed by atoms with E-state index in [0.717, 1.165) is 66.0 Å². The molecule has 0 bridgehead atoms. The molecule has 5 rings (SSSR count). The number of rotatable bonds is 13. The topological polar surface area (TPSA) is 67.8 Å². The summed E-state index contributed by atoms with van der Waals surface area (Å²) in [7, 11) is 3.58. The van der Waals surface area contributed by atoms with Crippen LogP contribution in [0.1, 0.15) is 127 Å². The highest BCUT2D eigenvalue weighted by molar-refractivity contribution is 5.70. The summed E-state index contributed by atoms with van der Waals surface area (Å²) in [6.45, 7) is 27.0. The summed E-state index contributed by atoms with van der Waals surface area (Å²) in [5.74, 6) is 6.37. The van der Waals surface area contributed by atoms with Crippen molar-refractivity contribution in [2.75, 3.05) is 27.3 Å². The first-order chi connectivity index (χ1) is 25.1. The smallest absolute Gasteiger partial charge is 0.149 e. The fourth-order valence-electron chi connectivity index (χ4n) is 5.67. The number of nitrogens with zero attached hydrogens (tertiary/aromatic N) is 2. The first-order valence-electron chi connectivity index (χ1n) is 19.4. The van der Waals surface area contributed by atoms with Crippen LogP contribution in [0, 0.1) is 38.0 Å². The lowest BCUT2D eigenvalue weighted by atomic mass is 9.93. The average Bonchev–Trinajstić information content (AvgIpc) is 3.94. The van der Waals surface area contributed by atoms with Gasteiger partial charge in [-0.2, -0.15) is 0 Å². The normalized spacial score (nSPS) is 14.3. The van der Waals surface area contributed by atoms with E-state index < -0.39 is 0 Å². The van der Waals surface area contributed by atoms with Crippen molar-refractivity contribution in [2.45, 2.75) is 120 Å². The van der Waals surface area contributed by atoms with Gasteiger partial charge in [0, 0.05) is 48.8 Å². The molecule has 1 saturated carbocycles. The highest BCUT2D eigenvalue weighted by Crippen LogP contribution is 2.46. The van der Waals surface area contributed by atoms with Gasteiger partial charge in [0.1, 0.15) is 22.9 Å². The highest BCUT2D eigenvalue weighted by atomic mass is 16.5. The molecule has 6 nitrogen and oxygen atoms in total. The van der Waals surface area contributed by atoms with Crippen LogP contribution >= 0.6 is 0 Å². The van der Waals surface area contributed by atoms with Crippen LogP contribution in [-0.4, -0.2) is 39.0 Å². The number of allylic oxidation sites excluding steroid dienone is 1. The van der Waals surface area contributed by atoms with E-state index in [1.54, 1.807) is 14.0 Å². The van der Waals surface area contributed by atoms with Gasteiger partial charge in [0.2, 0.25) is 0 Å². The number of ether oxygens (including phenoxy) is 2. The Morgan fingerprint density at radius 3 is 2.21 bits per heavy atom. The first kappa shape index (κ1) is 45.9. The summed E-state index contributed by atoms with van der Waals surface area (Å²) in [5, 5.41) is 6.60. The van der Waals surface area contributed by atoms with Crippen molar-refractivity contribution in [3.05, 3.63) is 82.7 Å². The molecule has 1 aromatic heterocycles. The van der Waals surface area contributed by atoms with E-state index in [0.29, 0.717) is 17.8 Å².